The summed E-state index contributed by atoms with van der Waals surface area (Å²) < 4.78 is 4.90. The van der Waals surface area contributed by atoms with E-state index in [1.54, 1.807) is 11.8 Å². The van der Waals surface area contributed by atoms with Crippen LogP contribution in [0.15, 0.2) is 174 Å². The molecule has 1 aliphatic heterocycles. The van der Waals surface area contributed by atoms with E-state index in [1.807, 2.05) is 17.5 Å². The molecule has 3 nitrogen and oxygen atoms in total. The van der Waals surface area contributed by atoms with E-state index in [2.05, 4.69) is 162 Å². The maximum absolute atomic E-state index is 5.53. The molecule has 0 saturated carbocycles. The summed E-state index contributed by atoms with van der Waals surface area (Å²) in [5, 5.41) is 13.5. The number of thiophene rings is 1. The van der Waals surface area contributed by atoms with E-state index in [0.717, 1.165) is 33.0 Å². The number of nitrogens with zero attached hydrogens (tertiary/aromatic N) is 3. The number of fused-ring (bicyclic) bond motifs is 13. The quantitative estimate of drug-likeness (QED) is 0.166. The molecule has 0 amide bonds. The van der Waals surface area contributed by atoms with Crippen LogP contribution in [-0.2, 0) is 0 Å². The zero-order valence-electron chi connectivity index (χ0n) is 29.2. The molecule has 5 heterocycles. The van der Waals surface area contributed by atoms with E-state index in [0.29, 0.717) is 0 Å². The standard InChI is InChI=1S/C50H27N3S2/c1-2-7-32-23-39-36(22-31(32)6-1)17-19-42-47(39)52-49-48-41(40-24-33-8-3-4-9-34(33)25-45(40)54-48)27-43(53(42)49)29-14-12-28(13-15-29)35-16-18-37-38-11-5-10-30-20-21-51-50(46(30)38)55-44(37)26-35/h1-27H. The highest BCUT2D eigenvalue weighted by Gasteiger charge is 2.22. The van der Waals surface area contributed by atoms with Crippen molar-refractivity contribution in [1.82, 2.24) is 14.4 Å². The Morgan fingerprint density at radius 2 is 1.22 bits per heavy atom. The van der Waals surface area contributed by atoms with Gasteiger partial charge in [-0.3, -0.25) is 4.40 Å². The van der Waals surface area contributed by atoms with Gasteiger partial charge in [-0.05, 0) is 109 Å². The fourth-order valence-electron chi connectivity index (χ4n) is 8.92. The van der Waals surface area contributed by atoms with Gasteiger partial charge in [-0.1, -0.05) is 121 Å². The summed E-state index contributed by atoms with van der Waals surface area (Å²) in [6.07, 6.45) is 1.92. The van der Waals surface area contributed by atoms with Crippen molar-refractivity contribution in [3.05, 3.63) is 164 Å². The number of imidazole rings is 1. The maximum Gasteiger partial charge on any atom is 0.156 e. The van der Waals surface area contributed by atoms with Gasteiger partial charge in [0.2, 0.25) is 0 Å². The van der Waals surface area contributed by atoms with Crippen LogP contribution in [0.25, 0.3) is 113 Å². The van der Waals surface area contributed by atoms with Crippen LogP contribution in [0.5, 0.6) is 0 Å². The largest absolute Gasteiger partial charge is 0.291 e. The minimum atomic E-state index is 1.01. The third kappa shape index (κ3) is 4.28. The molecule has 0 unspecified atom stereocenters. The predicted molar refractivity (Wildman–Crippen MR) is 234 cm³/mol. The van der Waals surface area contributed by atoms with Gasteiger partial charge >= 0.3 is 0 Å². The van der Waals surface area contributed by atoms with E-state index in [4.69, 9.17) is 9.97 Å². The van der Waals surface area contributed by atoms with Gasteiger partial charge in [0, 0.05) is 37.3 Å². The summed E-state index contributed by atoms with van der Waals surface area (Å²) >= 11 is 3.62. The first-order valence-electron chi connectivity index (χ1n) is 18.5. The molecule has 13 rings (SSSR count). The Labute approximate surface area is 323 Å². The van der Waals surface area contributed by atoms with Crippen molar-refractivity contribution in [2.75, 3.05) is 0 Å². The molecule has 1 aliphatic rings. The molecule has 0 N–H and O–H groups in total. The van der Waals surface area contributed by atoms with Crippen LogP contribution >= 0.6 is 23.1 Å². The van der Waals surface area contributed by atoms with Crippen LogP contribution in [0.3, 0.4) is 0 Å². The van der Waals surface area contributed by atoms with Crippen molar-refractivity contribution in [2.24, 2.45) is 0 Å². The van der Waals surface area contributed by atoms with Crippen molar-refractivity contribution < 1.29 is 0 Å². The highest BCUT2D eigenvalue weighted by molar-refractivity contribution is 7.99. The third-order valence-electron chi connectivity index (χ3n) is 11.6. The number of aromatic nitrogens is 3. The first-order valence-corrected chi connectivity index (χ1v) is 20.2. The highest BCUT2D eigenvalue weighted by atomic mass is 32.2. The summed E-state index contributed by atoms with van der Waals surface area (Å²) in [4.78, 5) is 11.5. The Kier molecular flexibility index (Phi) is 5.98. The molecule has 12 aromatic rings. The second-order valence-corrected chi connectivity index (χ2v) is 16.7. The topological polar surface area (TPSA) is 30.2 Å². The number of benzene rings is 8. The van der Waals surface area contributed by atoms with Gasteiger partial charge in [0.15, 0.2) is 5.65 Å². The van der Waals surface area contributed by atoms with Gasteiger partial charge in [-0.25, -0.2) is 9.97 Å². The van der Waals surface area contributed by atoms with Crippen LogP contribution in [0.4, 0.5) is 0 Å². The lowest BCUT2D eigenvalue weighted by Crippen LogP contribution is -1.95. The molecule has 0 aliphatic carbocycles. The van der Waals surface area contributed by atoms with Crippen LogP contribution in [-0.4, -0.2) is 14.4 Å². The zero-order chi connectivity index (χ0) is 35.8. The van der Waals surface area contributed by atoms with E-state index in [9.17, 15) is 0 Å². The number of hydrogen-bond acceptors (Lipinski definition) is 4. The monoisotopic (exact) mass is 733 g/mol. The van der Waals surface area contributed by atoms with Crippen molar-refractivity contribution in [2.45, 2.75) is 9.92 Å². The molecule has 0 fully saturated rings. The maximum atomic E-state index is 5.53. The summed E-state index contributed by atoms with van der Waals surface area (Å²) in [6.45, 7) is 0. The van der Waals surface area contributed by atoms with E-state index in [1.165, 1.54) is 90.4 Å². The van der Waals surface area contributed by atoms with E-state index < -0.39 is 0 Å². The second-order valence-electron chi connectivity index (χ2n) is 14.6. The Morgan fingerprint density at radius 1 is 0.491 bits per heavy atom. The molecule has 0 atom stereocenters. The fourth-order valence-corrected chi connectivity index (χ4v) is 11.2. The first kappa shape index (κ1) is 29.9. The minimum absolute atomic E-state index is 1.01. The molecule has 0 saturated heterocycles. The molecule has 0 radical (unpaired) electrons. The van der Waals surface area contributed by atoms with Crippen LogP contribution in [0.1, 0.15) is 0 Å². The van der Waals surface area contributed by atoms with Gasteiger partial charge in [0.25, 0.3) is 0 Å². The Balaban J connectivity index is 1.02. The van der Waals surface area contributed by atoms with Crippen LogP contribution < -0.4 is 0 Å². The van der Waals surface area contributed by atoms with E-state index in [-0.39, 0.29) is 0 Å². The molecule has 8 aromatic carbocycles. The summed E-state index contributed by atoms with van der Waals surface area (Å²) in [5.74, 6) is 0. The first-order chi connectivity index (χ1) is 27.2. The molecular weight excluding hydrogens is 707 g/mol. The van der Waals surface area contributed by atoms with E-state index >= 15 is 0 Å². The van der Waals surface area contributed by atoms with Crippen molar-refractivity contribution in [1.29, 1.82) is 0 Å². The van der Waals surface area contributed by atoms with Crippen LogP contribution in [0.2, 0.25) is 0 Å². The predicted octanol–water partition coefficient (Wildman–Crippen LogP) is 14.3. The normalized spacial score (nSPS) is 12.7. The molecule has 0 spiro atoms. The number of hydrogen-bond donors (Lipinski definition) is 0. The zero-order valence-corrected chi connectivity index (χ0v) is 30.9. The number of pyridine rings is 2. The van der Waals surface area contributed by atoms with Crippen molar-refractivity contribution in [3.63, 3.8) is 0 Å². The summed E-state index contributed by atoms with van der Waals surface area (Å²) in [6, 6.07) is 58.2. The summed E-state index contributed by atoms with van der Waals surface area (Å²) in [5.41, 5.74) is 10.4. The molecule has 254 valence electrons. The molecule has 55 heavy (non-hydrogen) atoms. The lowest BCUT2D eigenvalue weighted by molar-refractivity contribution is 1.16. The Bertz CT molecular complexity index is 3630. The molecule has 4 aromatic heterocycles. The molecular formula is C50H27N3S2. The lowest BCUT2D eigenvalue weighted by Gasteiger charge is -2.20. The van der Waals surface area contributed by atoms with Crippen molar-refractivity contribution >= 4 is 103 Å². The third-order valence-corrected chi connectivity index (χ3v) is 13.8. The van der Waals surface area contributed by atoms with Crippen molar-refractivity contribution in [3.8, 4) is 33.5 Å². The van der Waals surface area contributed by atoms with Gasteiger partial charge in [0.05, 0.1) is 21.4 Å². The average molecular weight is 734 g/mol. The fraction of sp³-hybridized carbons (Fsp3) is 0. The summed E-state index contributed by atoms with van der Waals surface area (Å²) in [7, 11) is 0. The minimum Gasteiger partial charge on any atom is -0.291 e. The average Bonchev–Trinajstić information content (AvgIpc) is 3.80. The smallest absolute Gasteiger partial charge is 0.156 e. The Morgan fingerprint density at radius 3 is 2.05 bits per heavy atom. The van der Waals surface area contributed by atoms with Gasteiger partial charge in [0.1, 0.15) is 5.03 Å². The van der Waals surface area contributed by atoms with Crippen LogP contribution in [0, 0.1) is 0 Å². The molecule has 5 heteroatoms. The molecule has 0 bridgehead atoms. The highest BCUT2D eigenvalue weighted by Crippen LogP contribution is 2.48. The number of rotatable bonds is 2. The van der Waals surface area contributed by atoms with Gasteiger partial charge in [-0.15, -0.1) is 11.3 Å². The SMILES string of the molecule is c1ccc2cc3c(ccc4c3nc3c5sc6cc7ccccc7cc6c5cc(-c5ccc(-c6ccc7c(c6)Sc6nccc8cccc-7c68)cc5)n43)cc2c1. The van der Waals surface area contributed by atoms with Gasteiger partial charge < -0.3 is 0 Å². The second kappa shape index (κ2) is 11.0. The van der Waals surface area contributed by atoms with Gasteiger partial charge in [-0.2, -0.15) is 0 Å². The Hall–Kier alpha value is -6.53. The lowest BCUT2D eigenvalue weighted by atomic mass is 9.96.